The third-order valence-corrected chi connectivity index (χ3v) is 5.33. The summed E-state index contributed by atoms with van der Waals surface area (Å²) < 4.78 is 2.26. The van der Waals surface area contributed by atoms with Gasteiger partial charge in [0, 0.05) is 23.8 Å². The fraction of sp³-hybridized carbons (Fsp3) is 0.148. The lowest BCUT2D eigenvalue weighted by molar-refractivity contribution is -0.117. The number of aromatic nitrogens is 1. The van der Waals surface area contributed by atoms with E-state index in [1.54, 1.807) is 6.08 Å². The minimum Gasteiger partial charge on any atom is -0.388 e. The van der Waals surface area contributed by atoms with Crippen LogP contribution in [-0.4, -0.2) is 28.6 Å². The van der Waals surface area contributed by atoms with Crippen molar-refractivity contribution in [1.29, 1.82) is 0 Å². The van der Waals surface area contributed by atoms with Crippen molar-refractivity contribution in [2.45, 2.75) is 13.0 Å². The Labute approximate surface area is 182 Å². The van der Waals surface area contributed by atoms with Crippen molar-refractivity contribution >= 4 is 22.8 Å². The van der Waals surface area contributed by atoms with Crippen LogP contribution in [0.15, 0.2) is 91.1 Å². The van der Waals surface area contributed by atoms with Crippen LogP contribution in [0.3, 0.4) is 0 Å². The van der Waals surface area contributed by atoms with Gasteiger partial charge in [0.05, 0.1) is 5.52 Å². The first kappa shape index (κ1) is 20.8. The number of carbonyl (C=O) groups excluding carboxylic acids is 1. The molecule has 0 spiro atoms. The molecule has 4 rings (SSSR count). The van der Waals surface area contributed by atoms with Crippen molar-refractivity contribution in [3.8, 4) is 5.69 Å². The van der Waals surface area contributed by atoms with Gasteiger partial charge in [-0.2, -0.15) is 0 Å². The average Bonchev–Trinajstić information content (AvgIpc) is 3.20. The zero-order valence-corrected chi connectivity index (χ0v) is 17.4. The minimum absolute atomic E-state index is 0.292. The highest BCUT2D eigenvalue weighted by molar-refractivity contribution is 5.94. The molecule has 0 aliphatic carbocycles. The largest absolute Gasteiger partial charge is 0.388 e. The number of hydrogen-bond donors (Lipinski definition) is 2. The Kier molecular flexibility index (Phi) is 6.72. The molecule has 0 saturated heterocycles. The third kappa shape index (κ3) is 5.18. The highest BCUT2D eigenvalue weighted by Crippen LogP contribution is 2.25. The summed E-state index contributed by atoms with van der Waals surface area (Å²) in [5.41, 5.74) is 5.87. The average molecular weight is 411 g/mol. The van der Waals surface area contributed by atoms with E-state index in [2.05, 4.69) is 76.7 Å². The van der Waals surface area contributed by atoms with Gasteiger partial charge < -0.3 is 15.0 Å². The van der Waals surface area contributed by atoms with E-state index < -0.39 is 6.61 Å². The normalized spacial score (nSPS) is 11.4. The van der Waals surface area contributed by atoms with Crippen molar-refractivity contribution in [3.05, 3.63) is 108 Å². The molecule has 0 fully saturated rings. The molecule has 0 radical (unpaired) electrons. The second-order valence-electron chi connectivity index (χ2n) is 7.50. The first-order chi connectivity index (χ1) is 15.2. The van der Waals surface area contributed by atoms with E-state index in [-0.39, 0.29) is 5.78 Å². The van der Waals surface area contributed by atoms with Gasteiger partial charge in [-0.25, -0.2) is 0 Å². The van der Waals surface area contributed by atoms with Gasteiger partial charge in [-0.15, -0.1) is 0 Å². The van der Waals surface area contributed by atoms with Gasteiger partial charge in [-0.3, -0.25) is 4.79 Å². The molecule has 0 aliphatic heterocycles. The maximum Gasteiger partial charge on any atom is 0.181 e. The molecule has 1 aromatic heterocycles. The van der Waals surface area contributed by atoms with Crippen LogP contribution in [0.25, 0.3) is 22.7 Å². The van der Waals surface area contributed by atoms with Crippen molar-refractivity contribution in [3.63, 3.8) is 0 Å². The number of carbonyl (C=O) groups is 1. The molecule has 2 N–H and O–H groups in total. The van der Waals surface area contributed by atoms with Gasteiger partial charge in [-0.05, 0) is 53.9 Å². The molecule has 4 heteroatoms. The quantitative estimate of drug-likeness (QED) is 0.315. The molecule has 0 aliphatic rings. The van der Waals surface area contributed by atoms with Crippen LogP contribution in [-0.2, 0) is 17.8 Å². The van der Waals surface area contributed by atoms with Crippen molar-refractivity contribution in [2.24, 2.45) is 0 Å². The van der Waals surface area contributed by atoms with Crippen LogP contribution in [0.4, 0.5) is 0 Å². The minimum atomic E-state index is -0.456. The Bertz CT molecular complexity index is 1180. The van der Waals surface area contributed by atoms with Gasteiger partial charge in [0.15, 0.2) is 5.78 Å². The topological polar surface area (TPSA) is 54.3 Å². The Hall–Kier alpha value is -3.47. The van der Waals surface area contributed by atoms with E-state index in [9.17, 15) is 4.79 Å². The molecule has 0 bridgehead atoms. The number of benzene rings is 3. The van der Waals surface area contributed by atoms with Gasteiger partial charge in [-0.1, -0.05) is 66.7 Å². The number of para-hydroxylation sites is 2. The second-order valence-corrected chi connectivity index (χ2v) is 7.50. The van der Waals surface area contributed by atoms with Gasteiger partial charge in [0.2, 0.25) is 0 Å². The van der Waals surface area contributed by atoms with E-state index in [4.69, 9.17) is 5.11 Å². The zero-order valence-electron chi connectivity index (χ0n) is 17.4. The summed E-state index contributed by atoms with van der Waals surface area (Å²) in [4.78, 5) is 11.2. The second kappa shape index (κ2) is 10.0. The molecule has 31 heavy (non-hydrogen) atoms. The number of nitrogens with one attached hydrogen (secondary N) is 1. The van der Waals surface area contributed by atoms with Crippen LogP contribution in [0.5, 0.6) is 0 Å². The molecule has 156 valence electrons. The summed E-state index contributed by atoms with van der Waals surface area (Å²) in [7, 11) is 0. The van der Waals surface area contributed by atoms with E-state index in [1.165, 1.54) is 33.8 Å². The Balaban J connectivity index is 1.37. The standard InChI is InChI=1S/C27H26N2O2/c30-20-25(31)15-14-21-10-12-22(13-11-21)18-28-17-16-23-19-29(24-6-2-1-3-7-24)27-9-5-4-8-26(23)27/h1-15,19,28,30H,16-18,20H2/b15-14+. The summed E-state index contributed by atoms with van der Waals surface area (Å²) in [5, 5.41) is 13.6. The van der Waals surface area contributed by atoms with Crippen LogP contribution in [0.2, 0.25) is 0 Å². The first-order valence-corrected chi connectivity index (χ1v) is 10.5. The van der Waals surface area contributed by atoms with Crippen molar-refractivity contribution in [1.82, 2.24) is 9.88 Å². The number of ketones is 1. The molecular weight excluding hydrogens is 384 g/mol. The molecule has 0 saturated carbocycles. The number of fused-ring (bicyclic) bond motifs is 1. The number of aliphatic hydroxyl groups excluding tert-OH is 1. The summed E-state index contributed by atoms with van der Waals surface area (Å²) in [5.74, 6) is -0.292. The molecular formula is C27H26N2O2. The monoisotopic (exact) mass is 410 g/mol. The van der Waals surface area contributed by atoms with Crippen LogP contribution >= 0.6 is 0 Å². The van der Waals surface area contributed by atoms with E-state index in [1.807, 2.05) is 18.2 Å². The predicted octanol–water partition coefficient (Wildman–Crippen LogP) is 4.54. The smallest absolute Gasteiger partial charge is 0.181 e. The molecule has 0 amide bonds. The maximum absolute atomic E-state index is 11.2. The lowest BCUT2D eigenvalue weighted by Gasteiger charge is -2.05. The lowest BCUT2D eigenvalue weighted by Crippen LogP contribution is -2.16. The summed E-state index contributed by atoms with van der Waals surface area (Å²) in [6, 6.07) is 27.0. The molecule has 3 aromatic carbocycles. The summed E-state index contributed by atoms with van der Waals surface area (Å²) in [6.07, 6.45) is 6.32. The van der Waals surface area contributed by atoms with E-state index in [0.29, 0.717) is 0 Å². The third-order valence-electron chi connectivity index (χ3n) is 5.33. The van der Waals surface area contributed by atoms with Gasteiger partial charge >= 0.3 is 0 Å². The number of rotatable bonds is 9. The van der Waals surface area contributed by atoms with E-state index >= 15 is 0 Å². The predicted molar refractivity (Wildman–Crippen MR) is 126 cm³/mol. The van der Waals surface area contributed by atoms with E-state index in [0.717, 1.165) is 25.1 Å². The van der Waals surface area contributed by atoms with Gasteiger partial charge in [0.1, 0.15) is 6.61 Å². The lowest BCUT2D eigenvalue weighted by atomic mass is 10.1. The van der Waals surface area contributed by atoms with Gasteiger partial charge in [0.25, 0.3) is 0 Å². The molecule has 0 unspecified atom stereocenters. The zero-order chi connectivity index (χ0) is 21.5. The van der Waals surface area contributed by atoms with Crippen LogP contribution < -0.4 is 5.32 Å². The fourth-order valence-corrected chi connectivity index (χ4v) is 3.70. The highest BCUT2D eigenvalue weighted by atomic mass is 16.3. The maximum atomic E-state index is 11.2. The van der Waals surface area contributed by atoms with Crippen molar-refractivity contribution in [2.75, 3.05) is 13.2 Å². The van der Waals surface area contributed by atoms with Crippen molar-refractivity contribution < 1.29 is 9.90 Å². The Morgan fingerprint density at radius 1 is 0.935 bits per heavy atom. The Morgan fingerprint density at radius 2 is 1.68 bits per heavy atom. The summed E-state index contributed by atoms with van der Waals surface area (Å²) in [6.45, 7) is 1.22. The van der Waals surface area contributed by atoms with Crippen LogP contribution in [0.1, 0.15) is 16.7 Å². The fourth-order valence-electron chi connectivity index (χ4n) is 3.70. The number of aliphatic hydroxyl groups is 1. The first-order valence-electron chi connectivity index (χ1n) is 10.5. The Morgan fingerprint density at radius 3 is 2.45 bits per heavy atom. The molecule has 4 aromatic rings. The van der Waals surface area contributed by atoms with Crippen LogP contribution in [0, 0.1) is 0 Å². The number of hydrogen-bond acceptors (Lipinski definition) is 3. The number of nitrogens with zero attached hydrogens (tertiary/aromatic N) is 1. The molecule has 4 nitrogen and oxygen atoms in total. The highest BCUT2D eigenvalue weighted by Gasteiger charge is 2.09. The summed E-state index contributed by atoms with van der Waals surface area (Å²) >= 11 is 0. The molecule has 0 atom stereocenters. The SMILES string of the molecule is O=C(/C=C/c1ccc(CNCCc2cn(-c3ccccc3)c3ccccc23)cc1)CO. The molecule has 1 heterocycles.